The molecule has 2 heteroatoms. The Bertz CT molecular complexity index is 550. The predicted octanol–water partition coefficient (Wildman–Crippen LogP) is 6.06. The third-order valence-corrected chi connectivity index (χ3v) is 4.44. The molecule has 0 aromatic heterocycles. The number of methoxy groups -OCH3 is 1. The van der Waals surface area contributed by atoms with Gasteiger partial charge in [0, 0.05) is 18.8 Å². The van der Waals surface area contributed by atoms with Gasteiger partial charge >= 0.3 is 0 Å². The first kappa shape index (κ1) is 18.4. The Morgan fingerprint density at radius 3 is 2.12 bits per heavy atom. The number of ether oxygens (including phenoxy) is 1. The maximum atomic E-state index is 5.26. The molecule has 2 nitrogen and oxygen atoms in total. The van der Waals surface area contributed by atoms with Gasteiger partial charge in [-0.3, -0.25) is 0 Å². The molecule has 0 aliphatic rings. The second-order valence-electron chi connectivity index (χ2n) is 6.37. The van der Waals surface area contributed by atoms with Gasteiger partial charge in [0.2, 0.25) is 0 Å². The molecule has 2 aromatic rings. The standard InChI is InChI=1S/C22H31NO/c1-3-4-5-6-7-11-18-23(21-12-9-8-10-13-21)19-20-14-16-22(24-2)17-15-20/h8-10,12-17H,3-7,11,18-19H2,1-2H3. The maximum Gasteiger partial charge on any atom is 0.118 e. The van der Waals surface area contributed by atoms with E-state index >= 15 is 0 Å². The molecule has 0 saturated heterocycles. The minimum absolute atomic E-state index is 0.918. The first-order valence-electron chi connectivity index (χ1n) is 9.26. The highest BCUT2D eigenvalue weighted by molar-refractivity contribution is 5.46. The largest absolute Gasteiger partial charge is 0.497 e. The van der Waals surface area contributed by atoms with E-state index in [1.807, 2.05) is 12.1 Å². The molecule has 0 N–H and O–H groups in total. The van der Waals surface area contributed by atoms with Gasteiger partial charge in [-0.05, 0) is 36.2 Å². The lowest BCUT2D eigenvalue weighted by Gasteiger charge is -2.25. The van der Waals surface area contributed by atoms with Crippen molar-refractivity contribution in [3.63, 3.8) is 0 Å². The normalized spacial score (nSPS) is 10.6. The molecule has 24 heavy (non-hydrogen) atoms. The third-order valence-electron chi connectivity index (χ3n) is 4.44. The van der Waals surface area contributed by atoms with Crippen molar-refractivity contribution in [1.82, 2.24) is 0 Å². The van der Waals surface area contributed by atoms with E-state index in [1.54, 1.807) is 7.11 Å². The molecule has 0 aliphatic heterocycles. The second-order valence-corrected chi connectivity index (χ2v) is 6.37. The fourth-order valence-corrected chi connectivity index (χ4v) is 2.97. The smallest absolute Gasteiger partial charge is 0.118 e. The average Bonchev–Trinajstić information content (AvgIpc) is 2.65. The van der Waals surface area contributed by atoms with Gasteiger partial charge in [0.1, 0.15) is 5.75 Å². The molecule has 130 valence electrons. The van der Waals surface area contributed by atoms with Crippen LogP contribution in [0.2, 0.25) is 0 Å². The first-order chi connectivity index (χ1) is 11.8. The fourth-order valence-electron chi connectivity index (χ4n) is 2.97. The molecular weight excluding hydrogens is 294 g/mol. The Kier molecular flexibility index (Phi) is 8.23. The summed E-state index contributed by atoms with van der Waals surface area (Å²) in [7, 11) is 1.71. The van der Waals surface area contributed by atoms with Crippen LogP contribution in [0.5, 0.6) is 5.75 Å². The van der Waals surface area contributed by atoms with E-state index in [2.05, 4.69) is 54.3 Å². The van der Waals surface area contributed by atoms with Gasteiger partial charge in [-0.25, -0.2) is 0 Å². The molecule has 0 unspecified atom stereocenters. The van der Waals surface area contributed by atoms with Crippen LogP contribution < -0.4 is 9.64 Å². The van der Waals surface area contributed by atoms with E-state index in [0.29, 0.717) is 0 Å². The van der Waals surface area contributed by atoms with Crippen molar-refractivity contribution in [3.8, 4) is 5.75 Å². The SMILES string of the molecule is CCCCCCCCN(Cc1ccc(OC)cc1)c1ccccc1. The fraction of sp³-hybridized carbons (Fsp3) is 0.455. The maximum absolute atomic E-state index is 5.26. The van der Waals surface area contributed by atoms with Crippen molar-refractivity contribution >= 4 is 5.69 Å². The van der Waals surface area contributed by atoms with E-state index in [4.69, 9.17) is 4.74 Å². The van der Waals surface area contributed by atoms with Gasteiger partial charge in [-0.2, -0.15) is 0 Å². The van der Waals surface area contributed by atoms with Gasteiger partial charge in [0.15, 0.2) is 0 Å². The van der Waals surface area contributed by atoms with Crippen LogP contribution in [0, 0.1) is 0 Å². The minimum Gasteiger partial charge on any atom is -0.497 e. The Balaban J connectivity index is 1.92. The second kappa shape index (κ2) is 10.7. The summed E-state index contributed by atoms with van der Waals surface area (Å²) in [5.74, 6) is 0.918. The highest BCUT2D eigenvalue weighted by Crippen LogP contribution is 2.20. The molecule has 2 aromatic carbocycles. The molecule has 0 saturated carbocycles. The van der Waals surface area contributed by atoms with E-state index in [0.717, 1.165) is 18.8 Å². The lowest BCUT2D eigenvalue weighted by Crippen LogP contribution is -2.23. The highest BCUT2D eigenvalue weighted by atomic mass is 16.5. The van der Waals surface area contributed by atoms with E-state index in [1.165, 1.54) is 49.8 Å². The van der Waals surface area contributed by atoms with Crippen LogP contribution in [0.25, 0.3) is 0 Å². The predicted molar refractivity (Wildman–Crippen MR) is 104 cm³/mol. The van der Waals surface area contributed by atoms with Crippen molar-refractivity contribution in [3.05, 3.63) is 60.2 Å². The minimum atomic E-state index is 0.918. The van der Waals surface area contributed by atoms with Gasteiger partial charge in [0.25, 0.3) is 0 Å². The summed E-state index contributed by atoms with van der Waals surface area (Å²) in [5.41, 5.74) is 2.63. The van der Waals surface area contributed by atoms with Gasteiger partial charge in [-0.1, -0.05) is 69.4 Å². The summed E-state index contributed by atoms with van der Waals surface area (Å²) in [5, 5.41) is 0. The molecule has 0 spiro atoms. The first-order valence-corrected chi connectivity index (χ1v) is 9.26. The zero-order valence-electron chi connectivity index (χ0n) is 15.2. The van der Waals surface area contributed by atoms with E-state index < -0.39 is 0 Å². The van der Waals surface area contributed by atoms with Crippen LogP contribution in [0.15, 0.2) is 54.6 Å². The van der Waals surface area contributed by atoms with Crippen LogP contribution in [0.3, 0.4) is 0 Å². The van der Waals surface area contributed by atoms with Crippen LogP contribution in [-0.4, -0.2) is 13.7 Å². The summed E-state index contributed by atoms with van der Waals surface area (Å²) < 4.78 is 5.26. The summed E-state index contributed by atoms with van der Waals surface area (Å²) in [6, 6.07) is 19.2. The van der Waals surface area contributed by atoms with Crippen molar-refractivity contribution < 1.29 is 4.74 Å². The zero-order chi connectivity index (χ0) is 17.0. The molecule has 2 rings (SSSR count). The molecule has 0 radical (unpaired) electrons. The number of unbranched alkanes of at least 4 members (excludes halogenated alkanes) is 5. The summed E-state index contributed by atoms with van der Waals surface area (Å²) >= 11 is 0. The lowest BCUT2D eigenvalue weighted by molar-refractivity contribution is 0.414. The van der Waals surface area contributed by atoms with Gasteiger partial charge < -0.3 is 9.64 Å². The summed E-state index contributed by atoms with van der Waals surface area (Å²) in [6.45, 7) is 4.33. The van der Waals surface area contributed by atoms with Crippen molar-refractivity contribution in [2.45, 2.75) is 52.0 Å². The molecule has 0 bridgehead atoms. The van der Waals surface area contributed by atoms with Crippen LogP contribution in [-0.2, 0) is 6.54 Å². The number of benzene rings is 2. The number of hydrogen-bond acceptors (Lipinski definition) is 2. The third kappa shape index (κ3) is 6.27. The van der Waals surface area contributed by atoms with E-state index in [-0.39, 0.29) is 0 Å². The number of anilines is 1. The average molecular weight is 325 g/mol. The summed E-state index contributed by atoms with van der Waals surface area (Å²) in [4.78, 5) is 2.49. The number of hydrogen-bond donors (Lipinski definition) is 0. The summed E-state index contributed by atoms with van der Waals surface area (Å²) in [6.07, 6.45) is 8.00. The zero-order valence-corrected chi connectivity index (χ0v) is 15.2. The van der Waals surface area contributed by atoms with Gasteiger partial charge in [-0.15, -0.1) is 0 Å². The van der Waals surface area contributed by atoms with E-state index in [9.17, 15) is 0 Å². The van der Waals surface area contributed by atoms with Crippen molar-refractivity contribution in [2.24, 2.45) is 0 Å². The van der Waals surface area contributed by atoms with Gasteiger partial charge in [0.05, 0.1) is 7.11 Å². The van der Waals surface area contributed by atoms with Crippen molar-refractivity contribution in [1.29, 1.82) is 0 Å². The number of para-hydroxylation sites is 1. The van der Waals surface area contributed by atoms with Crippen LogP contribution >= 0.6 is 0 Å². The Labute approximate surface area is 147 Å². The molecule has 0 fully saturated rings. The topological polar surface area (TPSA) is 12.5 Å². The Morgan fingerprint density at radius 2 is 1.46 bits per heavy atom. The molecule has 0 amide bonds. The molecular formula is C22H31NO. The van der Waals surface area contributed by atoms with Crippen molar-refractivity contribution in [2.75, 3.05) is 18.6 Å². The number of nitrogens with zero attached hydrogens (tertiary/aromatic N) is 1. The highest BCUT2D eigenvalue weighted by Gasteiger charge is 2.07. The molecule has 0 heterocycles. The molecule has 0 atom stereocenters. The van der Waals surface area contributed by atoms with Crippen LogP contribution in [0.1, 0.15) is 51.0 Å². The number of rotatable bonds is 11. The quantitative estimate of drug-likeness (QED) is 0.465. The Morgan fingerprint density at radius 1 is 0.792 bits per heavy atom. The van der Waals surface area contributed by atoms with Crippen LogP contribution in [0.4, 0.5) is 5.69 Å². The lowest BCUT2D eigenvalue weighted by atomic mass is 10.1. The monoisotopic (exact) mass is 325 g/mol. The molecule has 0 aliphatic carbocycles. The Hall–Kier alpha value is -1.96.